The standard InChI is InChI=1S/C15H27NO6S/c1-6-22-11-7-15(13(18)19,14(11,4)5)16-12(17)9-23(20,21)8-10(2)3/h10-11H,6-9H2,1-5H3,(H,16,17)(H,18,19). The molecule has 0 saturated heterocycles. The van der Waals surface area contributed by atoms with Crippen molar-refractivity contribution in [2.24, 2.45) is 11.3 Å². The Morgan fingerprint density at radius 2 is 1.91 bits per heavy atom. The third-order valence-corrected chi connectivity index (χ3v) is 6.30. The second-order valence-electron chi connectivity index (χ2n) is 7.08. The fraction of sp³-hybridized carbons (Fsp3) is 0.867. The zero-order valence-corrected chi connectivity index (χ0v) is 15.2. The van der Waals surface area contributed by atoms with Crippen molar-refractivity contribution in [2.75, 3.05) is 18.1 Å². The van der Waals surface area contributed by atoms with Gasteiger partial charge in [-0.1, -0.05) is 27.7 Å². The number of sulfone groups is 1. The number of amides is 1. The summed E-state index contributed by atoms with van der Waals surface area (Å²) >= 11 is 0. The van der Waals surface area contributed by atoms with E-state index in [2.05, 4.69) is 5.32 Å². The van der Waals surface area contributed by atoms with Crippen LogP contribution in [0.3, 0.4) is 0 Å². The van der Waals surface area contributed by atoms with Crippen LogP contribution in [0.15, 0.2) is 0 Å². The number of rotatable bonds is 8. The molecule has 1 fully saturated rings. The van der Waals surface area contributed by atoms with Gasteiger partial charge in [-0.15, -0.1) is 0 Å². The number of aliphatic carboxylic acids is 1. The Hall–Kier alpha value is -1.15. The lowest BCUT2D eigenvalue weighted by Gasteiger charge is -2.58. The van der Waals surface area contributed by atoms with Crippen LogP contribution in [-0.2, 0) is 24.2 Å². The summed E-state index contributed by atoms with van der Waals surface area (Å²) in [6, 6.07) is 0. The largest absolute Gasteiger partial charge is 0.479 e. The van der Waals surface area contributed by atoms with Crippen LogP contribution >= 0.6 is 0 Å². The molecule has 0 spiro atoms. The summed E-state index contributed by atoms with van der Waals surface area (Å²) in [6.07, 6.45) is -0.171. The van der Waals surface area contributed by atoms with Crippen molar-refractivity contribution < 1.29 is 27.9 Å². The van der Waals surface area contributed by atoms with Gasteiger partial charge in [-0.2, -0.15) is 0 Å². The van der Waals surface area contributed by atoms with Crippen molar-refractivity contribution in [1.82, 2.24) is 5.32 Å². The van der Waals surface area contributed by atoms with Gasteiger partial charge in [0.2, 0.25) is 5.91 Å². The topological polar surface area (TPSA) is 110 Å². The summed E-state index contributed by atoms with van der Waals surface area (Å²) in [5, 5.41) is 12.0. The summed E-state index contributed by atoms with van der Waals surface area (Å²) in [7, 11) is -3.56. The van der Waals surface area contributed by atoms with Gasteiger partial charge >= 0.3 is 5.97 Å². The summed E-state index contributed by atoms with van der Waals surface area (Å²) in [4.78, 5) is 23.8. The van der Waals surface area contributed by atoms with E-state index in [-0.39, 0.29) is 24.2 Å². The number of carbonyl (C=O) groups is 2. The number of carboxylic acids is 1. The highest BCUT2D eigenvalue weighted by atomic mass is 32.2. The first-order valence-corrected chi connectivity index (χ1v) is 9.56. The zero-order chi connectivity index (χ0) is 18.1. The Bertz CT molecular complexity index is 569. The Labute approximate surface area is 137 Å². The van der Waals surface area contributed by atoms with Gasteiger partial charge in [0.05, 0.1) is 11.9 Å². The molecule has 0 radical (unpaired) electrons. The fourth-order valence-electron chi connectivity index (χ4n) is 3.08. The number of hydrogen-bond acceptors (Lipinski definition) is 5. The molecular formula is C15H27NO6S. The highest BCUT2D eigenvalue weighted by Gasteiger charge is 2.66. The van der Waals surface area contributed by atoms with Gasteiger partial charge in [0.25, 0.3) is 0 Å². The molecular weight excluding hydrogens is 322 g/mol. The van der Waals surface area contributed by atoms with Crippen molar-refractivity contribution in [2.45, 2.75) is 52.7 Å². The molecule has 7 nitrogen and oxygen atoms in total. The van der Waals surface area contributed by atoms with Crippen molar-refractivity contribution in [3.63, 3.8) is 0 Å². The predicted molar refractivity (Wildman–Crippen MR) is 85.8 cm³/mol. The van der Waals surface area contributed by atoms with Crippen molar-refractivity contribution in [3.8, 4) is 0 Å². The van der Waals surface area contributed by atoms with Crippen LogP contribution in [0, 0.1) is 11.3 Å². The monoisotopic (exact) mass is 349 g/mol. The molecule has 0 heterocycles. The molecule has 1 amide bonds. The minimum Gasteiger partial charge on any atom is -0.479 e. The van der Waals surface area contributed by atoms with Crippen molar-refractivity contribution >= 4 is 21.7 Å². The molecule has 2 atom stereocenters. The van der Waals surface area contributed by atoms with E-state index in [4.69, 9.17) is 4.74 Å². The van der Waals surface area contributed by atoms with Gasteiger partial charge in [0.1, 0.15) is 11.3 Å². The first-order valence-electron chi connectivity index (χ1n) is 7.74. The van der Waals surface area contributed by atoms with Gasteiger partial charge < -0.3 is 15.2 Å². The van der Waals surface area contributed by atoms with Gasteiger partial charge in [0, 0.05) is 18.4 Å². The van der Waals surface area contributed by atoms with E-state index in [1.54, 1.807) is 27.7 Å². The van der Waals surface area contributed by atoms with E-state index in [1.165, 1.54) is 0 Å². The van der Waals surface area contributed by atoms with Gasteiger partial charge in [-0.05, 0) is 12.8 Å². The van der Waals surface area contributed by atoms with Crippen LogP contribution in [0.4, 0.5) is 0 Å². The first kappa shape index (κ1) is 19.9. The van der Waals surface area contributed by atoms with Crippen molar-refractivity contribution in [1.29, 1.82) is 0 Å². The number of carboxylic acid groups (broad SMARTS) is 1. The minimum absolute atomic E-state index is 0.0938. The molecule has 2 unspecified atom stereocenters. The second-order valence-corrected chi connectivity index (χ2v) is 9.19. The predicted octanol–water partition coefficient (Wildman–Crippen LogP) is 0.832. The van der Waals surface area contributed by atoms with Gasteiger partial charge in [0.15, 0.2) is 9.84 Å². The van der Waals surface area contributed by atoms with Crippen LogP contribution in [0.5, 0.6) is 0 Å². The maximum atomic E-state index is 12.1. The quantitative estimate of drug-likeness (QED) is 0.672. The summed E-state index contributed by atoms with van der Waals surface area (Å²) in [5.41, 5.74) is -2.33. The first-order chi connectivity index (χ1) is 10.4. The molecule has 0 bridgehead atoms. The molecule has 2 N–H and O–H groups in total. The molecule has 1 aliphatic carbocycles. The van der Waals surface area contributed by atoms with Gasteiger partial charge in [-0.25, -0.2) is 13.2 Å². The maximum absolute atomic E-state index is 12.1. The van der Waals surface area contributed by atoms with Gasteiger partial charge in [-0.3, -0.25) is 4.79 Å². The molecule has 23 heavy (non-hydrogen) atoms. The highest BCUT2D eigenvalue weighted by Crippen LogP contribution is 2.51. The number of nitrogens with one attached hydrogen (secondary N) is 1. The Morgan fingerprint density at radius 3 is 2.30 bits per heavy atom. The third kappa shape index (κ3) is 4.03. The molecule has 1 saturated carbocycles. The molecule has 0 aromatic carbocycles. The van der Waals surface area contributed by atoms with E-state index in [1.807, 2.05) is 6.92 Å². The van der Waals surface area contributed by atoms with Crippen LogP contribution in [0.1, 0.15) is 41.0 Å². The molecule has 0 aromatic rings. The molecule has 0 aliphatic heterocycles. The van der Waals surface area contributed by atoms with E-state index >= 15 is 0 Å². The molecule has 134 valence electrons. The number of carbonyl (C=O) groups excluding carboxylic acids is 1. The molecule has 8 heteroatoms. The van der Waals surface area contributed by atoms with Crippen LogP contribution < -0.4 is 5.32 Å². The lowest BCUT2D eigenvalue weighted by molar-refractivity contribution is -0.194. The fourth-order valence-corrected chi connectivity index (χ4v) is 4.68. The van der Waals surface area contributed by atoms with E-state index in [9.17, 15) is 23.1 Å². The average Bonchev–Trinajstić information content (AvgIpc) is 2.34. The van der Waals surface area contributed by atoms with E-state index in [0.717, 1.165) is 0 Å². The van der Waals surface area contributed by atoms with Crippen LogP contribution in [0.2, 0.25) is 0 Å². The average molecular weight is 349 g/mol. The minimum atomic E-state index is -3.56. The third-order valence-electron chi connectivity index (χ3n) is 4.42. The lowest BCUT2D eigenvalue weighted by Crippen LogP contribution is -2.76. The molecule has 1 aliphatic rings. The second kappa shape index (κ2) is 6.76. The smallest absolute Gasteiger partial charge is 0.330 e. The highest BCUT2D eigenvalue weighted by molar-refractivity contribution is 7.92. The SMILES string of the molecule is CCOC1CC(NC(=O)CS(=O)(=O)CC(C)C)(C(=O)O)C1(C)C. The lowest BCUT2D eigenvalue weighted by atomic mass is 9.54. The van der Waals surface area contributed by atoms with Crippen LogP contribution in [0.25, 0.3) is 0 Å². The Morgan fingerprint density at radius 1 is 1.35 bits per heavy atom. The van der Waals surface area contributed by atoms with Crippen LogP contribution in [-0.4, -0.2) is 55.2 Å². The summed E-state index contributed by atoms with van der Waals surface area (Å²) in [6.45, 7) is 9.15. The summed E-state index contributed by atoms with van der Waals surface area (Å²) < 4.78 is 29.3. The van der Waals surface area contributed by atoms with E-state index < -0.39 is 38.4 Å². The van der Waals surface area contributed by atoms with Crippen molar-refractivity contribution in [3.05, 3.63) is 0 Å². The molecule has 1 rings (SSSR count). The number of ether oxygens (including phenoxy) is 1. The maximum Gasteiger partial charge on any atom is 0.330 e. The normalized spacial score (nSPS) is 26.6. The zero-order valence-electron chi connectivity index (χ0n) is 14.4. The molecule has 0 aromatic heterocycles. The Kier molecular flexibility index (Phi) is 5.85. The van der Waals surface area contributed by atoms with E-state index in [0.29, 0.717) is 6.61 Å². The number of hydrogen-bond donors (Lipinski definition) is 2. The summed E-state index contributed by atoms with van der Waals surface area (Å²) in [5.74, 6) is -2.85. The Balaban J connectivity index is 2.87.